The molecule has 1 aromatic heterocycles. The Balaban J connectivity index is 2.41. The van der Waals surface area contributed by atoms with Crippen molar-refractivity contribution >= 4 is 28.2 Å². The Kier molecular flexibility index (Phi) is 3.68. The first-order valence-electron chi connectivity index (χ1n) is 6.70. The zero-order valence-corrected chi connectivity index (χ0v) is 12.7. The van der Waals surface area contributed by atoms with Gasteiger partial charge in [-0.25, -0.2) is 0 Å². The molecule has 0 atom stereocenters. The van der Waals surface area contributed by atoms with Crippen LogP contribution in [-0.4, -0.2) is 10.1 Å². The summed E-state index contributed by atoms with van der Waals surface area (Å²) in [6.45, 7) is 0. The molecule has 4 N–H and O–H groups in total. The normalized spacial score (nSPS) is 11.8. The molecule has 0 bridgehead atoms. The van der Waals surface area contributed by atoms with E-state index in [0.717, 1.165) is 12.1 Å². The molecule has 1 heterocycles. The van der Waals surface area contributed by atoms with Crippen LogP contribution in [0.2, 0.25) is 5.02 Å². The van der Waals surface area contributed by atoms with Crippen molar-refractivity contribution in [1.29, 1.82) is 0 Å². The monoisotopic (exact) mass is 354 g/mol. The minimum atomic E-state index is -4.55. The number of H-pyrrole nitrogens is 1. The molecule has 24 heavy (non-hydrogen) atoms. The van der Waals surface area contributed by atoms with Gasteiger partial charge in [0.05, 0.1) is 5.56 Å². The van der Waals surface area contributed by atoms with E-state index in [1.54, 1.807) is 0 Å². The molecule has 0 unspecified atom stereocenters. The fraction of sp³-hybridized carbons (Fsp3) is 0.0625. The zero-order valence-electron chi connectivity index (χ0n) is 11.9. The molecule has 0 aliphatic rings. The summed E-state index contributed by atoms with van der Waals surface area (Å²) in [4.78, 5) is 14.3. The number of aromatic hydroxyl groups is 1. The number of aromatic nitrogens is 1. The van der Waals surface area contributed by atoms with E-state index in [0.29, 0.717) is 0 Å². The summed E-state index contributed by atoms with van der Waals surface area (Å²) >= 11 is 5.91. The summed E-state index contributed by atoms with van der Waals surface area (Å²) in [7, 11) is 0. The number of nitrogens with two attached hydrogens (primary N) is 1. The maximum absolute atomic E-state index is 12.9. The number of anilines is 1. The topological polar surface area (TPSA) is 79.1 Å². The number of pyridine rings is 1. The van der Waals surface area contributed by atoms with Crippen molar-refractivity contribution in [3.63, 3.8) is 0 Å². The van der Waals surface area contributed by atoms with Crippen molar-refractivity contribution in [2.75, 3.05) is 5.73 Å². The molecule has 4 nitrogen and oxygen atoms in total. The van der Waals surface area contributed by atoms with Gasteiger partial charge in [-0.1, -0.05) is 17.7 Å². The number of phenolic OH excluding ortho intramolecular Hbond substituents is 1. The van der Waals surface area contributed by atoms with Crippen LogP contribution in [0.3, 0.4) is 0 Å². The molecule has 0 saturated carbocycles. The van der Waals surface area contributed by atoms with Crippen molar-refractivity contribution in [2.45, 2.75) is 6.18 Å². The number of phenols is 1. The van der Waals surface area contributed by atoms with Crippen molar-refractivity contribution in [3.05, 3.63) is 57.3 Å². The highest BCUT2D eigenvalue weighted by Gasteiger charge is 2.31. The van der Waals surface area contributed by atoms with Crippen LogP contribution in [0, 0.1) is 0 Å². The molecule has 8 heteroatoms. The molecule has 0 amide bonds. The molecule has 2 aromatic carbocycles. The summed E-state index contributed by atoms with van der Waals surface area (Å²) in [6.07, 6.45) is -4.55. The molecule has 3 aromatic rings. The average Bonchev–Trinajstić information content (AvgIpc) is 2.50. The third-order valence-electron chi connectivity index (χ3n) is 3.61. The smallest absolute Gasteiger partial charge is 0.416 e. The van der Waals surface area contributed by atoms with Crippen molar-refractivity contribution in [2.24, 2.45) is 0 Å². The minimum absolute atomic E-state index is 0.0431. The third-order valence-corrected chi connectivity index (χ3v) is 3.84. The molecule has 3 rings (SSSR count). The van der Waals surface area contributed by atoms with Crippen LogP contribution in [0.25, 0.3) is 22.0 Å². The maximum atomic E-state index is 12.9. The summed E-state index contributed by atoms with van der Waals surface area (Å²) in [5.74, 6) is -0.196. The Labute approximate surface area is 138 Å². The van der Waals surface area contributed by atoms with Gasteiger partial charge >= 0.3 is 6.18 Å². The fourth-order valence-electron chi connectivity index (χ4n) is 2.49. The van der Waals surface area contributed by atoms with Crippen molar-refractivity contribution in [1.82, 2.24) is 4.98 Å². The second-order valence-electron chi connectivity index (χ2n) is 5.16. The first-order chi connectivity index (χ1) is 11.2. The van der Waals surface area contributed by atoms with E-state index >= 15 is 0 Å². The van der Waals surface area contributed by atoms with Crippen LogP contribution in [0.1, 0.15) is 5.56 Å². The summed E-state index contributed by atoms with van der Waals surface area (Å²) in [5.41, 5.74) is 4.17. The van der Waals surface area contributed by atoms with Gasteiger partial charge in [-0.3, -0.25) is 4.79 Å². The summed E-state index contributed by atoms with van der Waals surface area (Å²) in [5, 5.41) is 10.6. The van der Waals surface area contributed by atoms with Crippen molar-refractivity contribution in [3.8, 4) is 16.9 Å². The van der Waals surface area contributed by atoms with Gasteiger partial charge in [-0.15, -0.1) is 0 Å². The molecular weight excluding hydrogens is 345 g/mol. The standard InChI is InChI=1S/C16H10ClF3N2O2/c17-8-2-4-12(23)10(6-8)13-9-3-1-7(16(18,19)20)5-11(9)22-15(24)14(13)21/h1-6,23H,21H2,(H,22,24). The van der Waals surface area contributed by atoms with Crippen LogP contribution in [0.5, 0.6) is 5.75 Å². The number of rotatable bonds is 1. The van der Waals surface area contributed by atoms with Crippen LogP contribution < -0.4 is 11.3 Å². The van der Waals surface area contributed by atoms with Gasteiger partial charge in [0.25, 0.3) is 5.56 Å². The molecule has 0 aliphatic carbocycles. The number of aromatic amines is 1. The molecule has 0 spiro atoms. The fourth-order valence-corrected chi connectivity index (χ4v) is 2.66. The maximum Gasteiger partial charge on any atom is 0.416 e. The van der Waals surface area contributed by atoms with Gasteiger partial charge in [0.1, 0.15) is 11.4 Å². The van der Waals surface area contributed by atoms with E-state index in [-0.39, 0.29) is 38.5 Å². The molecule has 124 valence electrons. The minimum Gasteiger partial charge on any atom is -0.507 e. The van der Waals surface area contributed by atoms with E-state index in [4.69, 9.17) is 17.3 Å². The molecule has 0 radical (unpaired) electrons. The predicted molar refractivity (Wildman–Crippen MR) is 86.1 cm³/mol. The molecule has 0 saturated heterocycles. The number of benzene rings is 2. The number of nitrogen functional groups attached to an aromatic ring is 1. The predicted octanol–water partition coefficient (Wildman–Crippen LogP) is 4.16. The van der Waals surface area contributed by atoms with Gasteiger partial charge in [-0.05, 0) is 30.3 Å². The quantitative estimate of drug-likeness (QED) is 0.614. The Morgan fingerprint density at radius 1 is 1.12 bits per heavy atom. The Hall–Kier alpha value is -2.67. The second kappa shape index (κ2) is 5.45. The van der Waals surface area contributed by atoms with Gasteiger partial charge in [0, 0.05) is 27.1 Å². The lowest BCUT2D eigenvalue weighted by Crippen LogP contribution is -2.14. The van der Waals surface area contributed by atoms with E-state index in [1.807, 2.05) is 0 Å². The number of hydrogen-bond donors (Lipinski definition) is 3. The SMILES string of the molecule is Nc1c(-c2cc(Cl)ccc2O)c2ccc(C(F)(F)F)cc2[nH]c1=O. The highest BCUT2D eigenvalue weighted by molar-refractivity contribution is 6.31. The first kappa shape index (κ1) is 16.2. The van der Waals surface area contributed by atoms with E-state index in [1.165, 1.54) is 24.3 Å². The average molecular weight is 355 g/mol. The Bertz CT molecular complexity index is 1010. The highest BCUT2D eigenvalue weighted by Crippen LogP contribution is 2.39. The van der Waals surface area contributed by atoms with E-state index in [2.05, 4.69) is 4.98 Å². The lowest BCUT2D eigenvalue weighted by Gasteiger charge is -2.13. The Morgan fingerprint density at radius 2 is 1.83 bits per heavy atom. The molecular formula is C16H10ClF3N2O2. The summed E-state index contributed by atoms with van der Waals surface area (Å²) in [6, 6.07) is 7.04. The second-order valence-corrected chi connectivity index (χ2v) is 5.60. The zero-order chi connectivity index (χ0) is 17.6. The van der Waals surface area contributed by atoms with Crippen molar-refractivity contribution < 1.29 is 18.3 Å². The number of halogens is 4. The highest BCUT2D eigenvalue weighted by atomic mass is 35.5. The van der Waals surface area contributed by atoms with Gasteiger partial charge in [-0.2, -0.15) is 13.2 Å². The first-order valence-corrected chi connectivity index (χ1v) is 7.08. The van der Waals surface area contributed by atoms with Crippen LogP contribution >= 0.6 is 11.6 Å². The number of hydrogen-bond acceptors (Lipinski definition) is 3. The van der Waals surface area contributed by atoms with Gasteiger partial charge in [0.15, 0.2) is 0 Å². The van der Waals surface area contributed by atoms with E-state index < -0.39 is 17.3 Å². The molecule has 0 aliphatic heterocycles. The number of fused-ring (bicyclic) bond motifs is 1. The third kappa shape index (κ3) is 2.67. The lowest BCUT2D eigenvalue weighted by molar-refractivity contribution is -0.137. The number of alkyl halides is 3. The molecule has 0 fully saturated rings. The Morgan fingerprint density at radius 3 is 2.50 bits per heavy atom. The van der Waals surface area contributed by atoms with Crippen LogP contribution in [0.15, 0.2) is 41.2 Å². The van der Waals surface area contributed by atoms with Gasteiger partial charge in [0.2, 0.25) is 0 Å². The van der Waals surface area contributed by atoms with E-state index in [9.17, 15) is 23.1 Å². The van der Waals surface area contributed by atoms with Crippen LogP contribution in [0.4, 0.5) is 18.9 Å². The van der Waals surface area contributed by atoms with Crippen LogP contribution in [-0.2, 0) is 6.18 Å². The number of nitrogens with one attached hydrogen (secondary N) is 1. The van der Waals surface area contributed by atoms with Gasteiger partial charge < -0.3 is 15.8 Å². The summed E-state index contributed by atoms with van der Waals surface area (Å²) < 4.78 is 38.6. The largest absolute Gasteiger partial charge is 0.507 e. The lowest BCUT2D eigenvalue weighted by atomic mass is 9.97.